The molecule has 92 valence electrons. The Kier molecular flexibility index (Phi) is 3.52. The SMILES string of the molecule is O=C(O)c1cc(NCc2cccc(F)c2)ccn1. The minimum Gasteiger partial charge on any atom is -0.477 e. The molecule has 1 heterocycles. The van der Waals surface area contributed by atoms with Crippen molar-refractivity contribution < 1.29 is 14.3 Å². The lowest BCUT2D eigenvalue weighted by Gasteiger charge is -2.06. The zero-order chi connectivity index (χ0) is 13.0. The molecule has 0 fully saturated rings. The summed E-state index contributed by atoms with van der Waals surface area (Å²) in [6.07, 6.45) is 1.41. The van der Waals surface area contributed by atoms with Gasteiger partial charge in [0.15, 0.2) is 0 Å². The van der Waals surface area contributed by atoms with E-state index in [2.05, 4.69) is 10.3 Å². The summed E-state index contributed by atoms with van der Waals surface area (Å²) in [5, 5.41) is 11.8. The van der Waals surface area contributed by atoms with Crippen molar-refractivity contribution in [1.29, 1.82) is 0 Å². The number of aromatic carboxylic acids is 1. The van der Waals surface area contributed by atoms with Crippen molar-refractivity contribution in [2.45, 2.75) is 6.54 Å². The molecular weight excluding hydrogens is 235 g/mol. The molecule has 2 aromatic rings. The van der Waals surface area contributed by atoms with Crippen LogP contribution < -0.4 is 5.32 Å². The molecule has 0 radical (unpaired) electrons. The second-order valence-electron chi connectivity index (χ2n) is 3.72. The van der Waals surface area contributed by atoms with E-state index in [-0.39, 0.29) is 11.5 Å². The number of anilines is 1. The standard InChI is InChI=1S/C13H11FN2O2/c14-10-3-1-2-9(6-10)8-16-11-4-5-15-12(7-11)13(17)18/h1-7H,8H2,(H,15,16)(H,17,18). The number of hydrogen-bond donors (Lipinski definition) is 2. The van der Waals surface area contributed by atoms with Gasteiger partial charge in [0, 0.05) is 18.4 Å². The molecule has 1 aromatic carbocycles. The Labute approximate surface area is 103 Å². The Hall–Kier alpha value is -2.43. The number of halogens is 1. The van der Waals surface area contributed by atoms with E-state index in [1.165, 1.54) is 24.4 Å². The monoisotopic (exact) mass is 246 g/mol. The number of nitrogens with zero attached hydrogens (tertiary/aromatic N) is 1. The highest BCUT2D eigenvalue weighted by Gasteiger charge is 2.04. The van der Waals surface area contributed by atoms with Gasteiger partial charge in [0.05, 0.1) is 0 Å². The van der Waals surface area contributed by atoms with Crippen molar-refractivity contribution >= 4 is 11.7 Å². The van der Waals surface area contributed by atoms with Crippen molar-refractivity contribution in [3.8, 4) is 0 Å². The Morgan fingerprint density at radius 2 is 2.17 bits per heavy atom. The van der Waals surface area contributed by atoms with E-state index in [0.29, 0.717) is 12.2 Å². The quantitative estimate of drug-likeness (QED) is 0.870. The predicted octanol–water partition coefficient (Wildman–Crippen LogP) is 2.53. The van der Waals surface area contributed by atoms with Crippen LogP contribution in [0.4, 0.5) is 10.1 Å². The summed E-state index contributed by atoms with van der Waals surface area (Å²) in [5.41, 5.74) is 1.38. The summed E-state index contributed by atoms with van der Waals surface area (Å²) >= 11 is 0. The molecule has 4 nitrogen and oxygen atoms in total. The van der Waals surface area contributed by atoms with Crippen LogP contribution in [-0.2, 0) is 6.54 Å². The molecule has 5 heteroatoms. The van der Waals surface area contributed by atoms with Gasteiger partial charge in [0.25, 0.3) is 0 Å². The van der Waals surface area contributed by atoms with Crippen LogP contribution in [-0.4, -0.2) is 16.1 Å². The first-order chi connectivity index (χ1) is 8.65. The molecular formula is C13H11FN2O2. The van der Waals surface area contributed by atoms with Crippen LogP contribution in [0.15, 0.2) is 42.6 Å². The van der Waals surface area contributed by atoms with E-state index < -0.39 is 5.97 Å². The van der Waals surface area contributed by atoms with E-state index in [0.717, 1.165) is 5.56 Å². The molecule has 0 saturated carbocycles. The second-order valence-corrected chi connectivity index (χ2v) is 3.72. The van der Waals surface area contributed by atoms with Gasteiger partial charge in [0.2, 0.25) is 0 Å². The van der Waals surface area contributed by atoms with Crippen LogP contribution in [0, 0.1) is 5.82 Å². The lowest BCUT2D eigenvalue weighted by molar-refractivity contribution is 0.0690. The van der Waals surface area contributed by atoms with Gasteiger partial charge in [-0.1, -0.05) is 12.1 Å². The first kappa shape index (κ1) is 12.0. The molecule has 0 unspecified atom stereocenters. The van der Waals surface area contributed by atoms with Gasteiger partial charge in [-0.05, 0) is 29.8 Å². The molecule has 0 atom stereocenters. The average Bonchev–Trinajstić information content (AvgIpc) is 2.37. The Balaban J connectivity index is 2.06. The Morgan fingerprint density at radius 3 is 2.89 bits per heavy atom. The number of nitrogens with one attached hydrogen (secondary N) is 1. The highest BCUT2D eigenvalue weighted by Crippen LogP contribution is 2.11. The number of carbonyl (C=O) groups is 1. The normalized spacial score (nSPS) is 10.1. The molecule has 18 heavy (non-hydrogen) atoms. The molecule has 2 rings (SSSR count). The molecule has 1 aromatic heterocycles. The third-order valence-corrected chi connectivity index (χ3v) is 2.36. The number of rotatable bonds is 4. The number of carboxylic acid groups (broad SMARTS) is 1. The Bertz CT molecular complexity index is 572. The highest BCUT2D eigenvalue weighted by molar-refractivity contribution is 5.86. The fraction of sp³-hybridized carbons (Fsp3) is 0.0769. The fourth-order valence-electron chi connectivity index (χ4n) is 1.51. The van der Waals surface area contributed by atoms with E-state index in [9.17, 15) is 9.18 Å². The van der Waals surface area contributed by atoms with Crippen LogP contribution >= 0.6 is 0 Å². The minimum atomic E-state index is -1.08. The van der Waals surface area contributed by atoms with Crippen LogP contribution in [0.5, 0.6) is 0 Å². The van der Waals surface area contributed by atoms with Gasteiger partial charge >= 0.3 is 5.97 Å². The van der Waals surface area contributed by atoms with Crippen LogP contribution in [0.3, 0.4) is 0 Å². The highest BCUT2D eigenvalue weighted by atomic mass is 19.1. The van der Waals surface area contributed by atoms with Crippen molar-refractivity contribution in [3.63, 3.8) is 0 Å². The summed E-state index contributed by atoms with van der Waals surface area (Å²) in [6.45, 7) is 0.417. The minimum absolute atomic E-state index is 0.0285. The number of hydrogen-bond acceptors (Lipinski definition) is 3. The molecule has 0 aliphatic carbocycles. The van der Waals surface area contributed by atoms with E-state index in [1.54, 1.807) is 18.2 Å². The summed E-state index contributed by atoms with van der Waals surface area (Å²) in [5.74, 6) is -1.38. The van der Waals surface area contributed by atoms with Gasteiger partial charge in [0.1, 0.15) is 11.5 Å². The van der Waals surface area contributed by atoms with Crippen molar-refractivity contribution in [3.05, 3.63) is 59.7 Å². The first-order valence-electron chi connectivity index (χ1n) is 5.33. The number of aromatic nitrogens is 1. The van der Waals surface area contributed by atoms with Gasteiger partial charge in [-0.25, -0.2) is 14.2 Å². The van der Waals surface area contributed by atoms with Crippen LogP contribution in [0.2, 0.25) is 0 Å². The van der Waals surface area contributed by atoms with Gasteiger partial charge in [-0.15, -0.1) is 0 Å². The zero-order valence-electron chi connectivity index (χ0n) is 9.43. The number of benzene rings is 1. The topological polar surface area (TPSA) is 62.2 Å². The zero-order valence-corrected chi connectivity index (χ0v) is 9.43. The average molecular weight is 246 g/mol. The second kappa shape index (κ2) is 5.27. The largest absolute Gasteiger partial charge is 0.477 e. The summed E-state index contributed by atoms with van der Waals surface area (Å²) in [6, 6.07) is 9.30. The van der Waals surface area contributed by atoms with Gasteiger partial charge < -0.3 is 10.4 Å². The van der Waals surface area contributed by atoms with Gasteiger partial charge in [-0.3, -0.25) is 0 Å². The maximum atomic E-state index is 12.9. The maximum absolute atomic E-state index is 12.9. The third kappa shape index (κ3) is 3.04. The number of pyridine rings is 1. The fourth-order valence-corrected chi connectivity index (χ4v) is 1.51. The lowest BCUT2D eigenvalue weighted by Crippen LogP contribution is -2.04. The van der Waals surface area contributed by atoms with Crippen LogP contribution in [0.25, 0.3) is 0 Å². The van der Waals surface area contributed by atoms with E-state index in [1.807, 2.05) is 0 Å². The molecule has 0 spiro atoms. The van der Waals surface area contributed by atoms with E-state index in [4.69, 9.17) is 5.11 Å². The Morgan fingerprint density at radius 1 is 1.33 bits per heavy atom. The summed E-state index contributed by atoms with van der Waals surface area (Å²) in [7, 11) is 0. The van der Waals surface area contributed by atoms with Gasteiger partial charge in [-0.2, -0.15) is 0 Å². The summed E-state index contributed by atoms with van der Waals surface area (Å²) < 4.78 is 12.9. The molecule has 0 amide bonds. The lowest BCUT2D eigenvalue weighted by atomic mass is 10.2. The smallest absolute Gasteiger partial charge is 0.354 e. The summed E-state index contributed by atoms with van der Waals surface area (Å²) in [4.78, 5) is 14.4. The third-order valence-electron chi connectivity index (χ3n) is 2.36. The first-order valence-corrected chi connectivity index (χ1v) is 5.33. The maximum Gasteiger partial charge on any atom is 0.354 e. The molecule has 2 N–H and O–H groups in total. The van der Waals surface area contributed by atoms with Crippen molar-refractivity contribution in [2.24, 2.45) is 0 Å². The van der Waals surface area contributed by atoms with E-state index >= 15 is 0 Å². The number of carboxylic acids is 1. The molecule has 0 aliphatic rings. The molecule has 0 saturated heterocycles. The van der Waals surface area contributed by atoms with Crippen molar-refractivity contribution in [1.82, 2.24) is 4.98 Å². The molecule has 0 bridgehead atoms. The van der Waals surface area contributed by atoms with Crippen molar-refractivity contribution in [2.75, 3.05) is 5.32 Å². The molecule has 0 aliphatic heterocycles. The van der Waals surface area contributed by atoms with Crippen LogP contribution in [0.1, 0.15) is 16.1 Å². The predicted molar refractivity (Wildman–Crippen MR) is 64.9 cm³/mol.